The van der Waals surface area contributed by atoms with Crippen LogP contribution in [0.5, 0.6) is 0 Å². The Balaban J connectivity index is 2.30. The first-order valence-corrected chi connectivity index (χ1v) is 6.89. The van der Waals surface area contributed by atoms with E-state index in [-0.39, 0.29) is 5.91 Å². The van der Waals surface area contributed by atoms with Gasteiger partial charge in [-0.3, -0.25) is 9.89 Å². The number of aromatic amines is 1. The van der Waals surface area contributed by atoms with Crippen LogP contribution in [0, 0.1) is 20.8 Å². The molecule has 2 rings (SSSR count). The molecule has 0 saturated carbocycles. The van der Waals surface area contributed by atoms with Crippen LogP contribution >= 0.6 is 11.3 Å². The van der Waals surface area contributed by atoms with Gasteiger partial charge in [-0.1, -0.05) is 0 Å². The molecule has 0 aliphatic carbocycles. The van der Waals surface area contributed by atoms with Crippen LogP contribution in [0.3, 0.4) is 0 Å². The lowest BCUT2D eigenvalue weighted by atomic mass is 10.0. The normalized spacial score (nSPS) is 12.2. The van der Waals surface area contributed by atoms with Crippen molar-refractivity contribution in [2.45, 2.75) is 26.8 Å². The van der Waals surface area contributed by atoms with E-state index in [0.29, 0.717) is 21.8 Å². The summed E-state index contributed by atoms with van der Waals surface area (Å²) in [5.41, 5.74) is 2.54. The third-order valence-corrected chi connectivity index (χ3v) is 4.08. The Morgan fingerprint density at radius 1 is 1.40 bits per heavy atom. The standard InChI is InChI=1S/C13H15N3O3S/c1-6-4-5-20-11(6)12(17)14-10(13(18)19)9-7(2)15-16-8(9)3/h4-5,10H,1-3H3,(H,14,17)(H,15,16)(H,18,19). The van der Waals surface area contributed by atoms with Crippen LogP contribution in [0.15, 0.2) is 11.4 Å². The molecule has 2 aromatic heterocycles. The number of aryl methyl sites for hydroxylation is 3. The summed E-state index contributed by atoms with van der Waals surface area (Å²) in [4.78, 5) is 24.1. The maximum absolute atomic E-state index is 12.2. The minimum Gasteiger partial charge on any atom is -0.479 e. The van der Waals surface area contributed by atoms with Crippen molar-refractivity contribution in [2.24, 2.45) is 0 Å². The molecule has 20 heavy (non-hydrogen) atoms. The van der Waals surface area contributed by atoms with E-state index in [2.05, 4.69) is 15.5 Å². The quantitative estimate of drug-likeness (QED) is 0.803. The number of carbonyl (C=O) groups excluding carboxylic acids is 1. The van der Waals surface area contributed by atoms with Gasteiger partial charge in [0.2, 0.25) is 0 Å². The largest absolute Gasteiger partial charge is 0.479 e. The highest BCUT2D eigenvalue weighted by molar-refractivity contribution is 7.12. The molecule has 0 saturated heterocycles. The van der Waals surface area contributed by atoms with E-state index in [0.717, 1.165) is 5.56 Å². The molecule has 106 valence electrons. The van der Waals surface area contributed by atoms with Gasteiger partial charge >= 0.3 is 5.97 Å². The molecule has 7 heteroatoms. The number of nitrogens with zero attached hydrogens (tertiary/aromatic N) is 1. The molecule has 1 amide bonds. The number of carboxylic acid groups (broad SMARTS) is 1. The first kappa shape index (κ1) is 14.3. The highest BCUT2D eigenvalue weighted by Gasteiger charge is 2.28. The van der Waals surface area contributed by atoms with E-state index in [1.807, 2.05) is 13.0 Å². The number of carboxylic acids is 1. The van der Waals surface area contributed by atoms with Gasteiger partial charge in [-0.15, -0.1) is 11.3 Å². The van der Waals surface area contributed by atoms with E-state index in [1.54, 1.807) is 19.2 Å². The van der Waals surface area contributed by atoms with Crippen LogP contribution in [0.4, 0.5) is 0 Å². The van der Waals surface area contributed by atoms with Crippen LogP contribution in [0.2, 0.25) is 0 Å². The second kappa shape index (κ2) is 5.46. The molecule has 6 nitrogen and oxygen atoms in total. The second-order valence-electron chi connectivity index (χ2n) is 4.53. The molecule has 0 spiro atoms. The molecule has 3 N–H and O–H groups in total. The van der Waals surface area contributed by atoms with Gasteiger partial charge in [-0.25, -0.2) is 4.79 Å². The number of aromatic nitrogens is 2. The van der Waals surface area contributed by atoms with E-state index in [1.165, 1.54) is 11.3 Å². The minimum absolute atomic E-state index is 0.384. The molecule has 1 atom stereocenters. The summed E-state index contributed by atoms with van der Waals surface area (Å²) < 4.78 is 0. The fraction of sp³-hybridized carbons (Fsp3) is 0.308. The molecule has 0 aliphatic rings. The number of hydrogen-bond donors (Lipinski definition) is 3. The number of amides is 1. The maximum atomic E-state index is 12.2. The number of carbonyl (C=O) groups is 2. The zero-order chi connectivity index (χ0) is 14.9. The molecule has 0 bridgehead atoms. The smallest absolute Gasteiger partial charge is 0.331 e. The lowest BCUT2D eigenvalue weighted by Gasteiger charge is -2.15. The van der Waals surface area contributed by atoms with E-state index in [9.17, 15) is 14.7 Å². The lowest BCUT2D eigenvalue weighted by molar-refractivity contribution is -0.139. The fourth-order valence-corrected chi connectivity index (χ4v) is 2.87. The van der Waals surface area contributed by atoms with Crippen LogP contribution in [0.1, 0.15) is 38.2 Å². The summed E-state index contributed by atoms with van der Waals surface area (Å²) in [5.74, 6) is -1.50. The Morgan fingerprint density at radius 2 is 2.10 bits per heavy atom. The van der Waals surface area contributed by atoms with Gasteiger partial charge in [-0.05, 0) is 37.8 Å². The molecule has 2 heterocycles. The monoisotopic (exact) mass is 293 g/mol. The number of thiophene rings is 1. The Bertz CT molecular complexity index is 640. The number of hydrogen-bond acceptors (Lipinski definition) is 4. The highest BCUT2D eigenvalue weighted by Crippen LogP contribution is 2.22. The first-order chi connectivity index (χ1) is 9.41. The van der Waals surface area contributed by atoms with Crippen molar-refractivity contribution in [2.75, 3.05) is 0 Å². The summed E-state index contributed by atoms with van der Waals surface area (Å²) in [7, 11) is 0. The molecule has 0 aromatic carbocycles. The van der Waals surface area contributed by atoms with Crippen molar-refractivity contribution >= 4 is 23.2 Å². The molecule has 0 radical (unpaired) electrons. The lowest BCUT2D eigenvalue weighted by Crippen LogP contribution is -2.34. The Morgan fingerprint density at radius 3 is 2.55 bits per heavy atom. The maximum Gasteiger partial charge on any atom is 0.331 e. The van der Waals surface area contributed by atoms with Crippen LogP contribution in [-0.4, -0.2) is 27.2 Å². The Hall–Kier alpha value is -2.15. The van der Waals surface area contributed by atoms with Crippen LogP contribution in [-0.2, 0) is 4.79 Å². The van der Waals surface area contributed by atoms with E-state index in [4.69, 9.17) is 0 Å². The van der Waals surface area contributed by atoms with E-state index < -0.39 is 12.0 Å². The summed E-state index contributed by atoms with van der Waals surface area (Å²) >= 11 is 1.29. The van der Waals surface area contributed by atoms with Gasteiger partial charge in [0.25, 0.3) is 5.91 Å². The van der Waals surface area contributed by atoms with Gasteiger partial charge in [0.15, 0.2) is 6.04 Å². The Kier molecular flexibility index (Phi) is 3.89. The average Bonchev–Trinajstić information content (AvgIpc) is 2.93. The molecule has 0 fully saturated rings. The van der Waals surface area contributed by atoms with E-state index >= 15 is 0 Å². The molecule has 0 aliphatic heterocycles. The van der Waals surface area contributed by atoms with Crippen molar-refractivity contribution in [3.63, 3.8) is 0 Å². The predicted molar refractivity (Wildman–Crippen MR) is 75.0 cm³/mol. The van der Waals surface area contributed by atoms with Crippen molar-refractivity contribution < 1.29 is 14.7 Å². The number of aliphatic carboxylic acids is 1. The molecule has 1 unspecified atom stereocenters. The number of rotatable bonds is 4. The predicted octanol–water partition coefficient (Wildman–Crippen LogP) is 1.95. The SMILES string of the molecule is Cc1ccsc1C(=O)NC(C(=O)O)c1c(C)n[nH]c1C. The van der Waals surface area contributed by atoms with Crippen molar-refractivity contribution in [1.82, 2.24) is 15.5 Å². The van der Waals surface area contributed by atoms with Gasteiger partial charge in [0.05, 0.1) is 10.6 Å². The van der Waals surface area contributed by atoms with Gasteiger partial charge in [0, 0.05) is 11.3 Å². The van der Waals surface area contributed by atoms with Crippen LogP contribution < -0.4 is 5.32 Å². The van der Waals surface area contributed by atoms with Gasteiger partial charge in [0.1, 0.15) is 0 Å². The molecule has 2 aromatic rings. The first-order valence-electron chi connectivity index (χ1n) is 6.01. The summed E-state index contributed by atoms with van der Waals surface area (Å²) in [6, 6.07) is 0.715. The summed E-state index contributed by atoms with van der Waals surface area (Å²) in [6.07, 6.45) is 0. The average molecular weight is 293 g/mol. The zero-order valence-electron chi connectivity index (χ0n) is 11.4. The number of nitrogens with one attached hydrogen (secondary N) is 2. The fourth-order valence-electron chi connectivity index (χ4n) is 2.04. The topological polar surface area (TPSA) is 95.1 Å². The zero-order valence-corrected chi connectivity index (χ0v) is 12.2. The third kappa shape index (κ3) is 2.57. The van der Waals surface area contributed by atoms with Crippen molar-refractivity contribution in [3.05, 3.63) is 38.8 Å². The van der Waals surface area contributed by atoms with Crippen LogP contribution in [0.25, 0.3) is 0 Å². The molecular formula is C13H15N3O3S. The summed E-state index contributed by atoms with van der Waals surface area (Å²) in [6.45, 7) is 5.25. The minimum atomic E-state index is -1.11. The highest BCUT2D eigenvalue weighted by atomic mass is 32.1. The van der Waals surface area contributed by atoms with Gasteiger partial charge < -0.3 is 10.4 Å². The Labute approximate surface area is 119 Å². The third-order valence-electron chi connectivity index (χ3n) is 3.06. The van der Waals surface area contributed by atoms with Crippen molar-refractivity contribution in [1.29, 1.82) is 0 Å². The van der Waals surface area contributed by atoms with Crippen molar-refractivity contribution in [3.8, 4) is 0 Å². The van der Waals surface area contributed by atoms with Gasteiger partial charge in [-0.2, -0.15) is 5.10 Å². The molecular weight excluding hydrogens is 278 g/mol. The number of H-pyrrole nitrogens is 1. The summed E-state index contributed by atoms with van der Waals surface area (Å²) in [5, 5.41) is 20.4. The second-order valence-corrected chi connectivity index (χ2v) is 5.44.